The van der Waals surface area contributed by atoms with E-state index in [0.717, 1.165) is 5.56 Å². The lowest BCUT2D eigenvalue weighted by atomic mass is 10.1. The molecule has 142 valence electrons. The Morgan fingerprint density at radius 2 is 2.08 bits per heavy atom. The third kappa shape index (κ3) is 6.33. The number of hydrogen-bond donors (Lipinski definition) is 1. The molecule has 26 heavy (non-hydrogen) atoms. The lowest BCUT2D eigenvalue weighted by Gasteiger charge is -2.23. The fourth-order valence-corrected chi connectivity index (χ4v) is 2.84. The number of benzene rings is 1. The Morgan fingerprint density at radius 1 is 1.35 bits per heavy atom. The Kier molecular flexibility index (Phi) is 6.63. The summed E-state index contributed by atoms with van der Waals surface area (Å²) in [7, 11) is 0. The Balaban J connectivity index is 2.01. The van der Waals surface area contributed by atoms with Gasteiger partial charge in [-0.25, -0.2) is 9.18 Å². The summed E-state index contributed by atoms with van der Waals surface area (Å²) in [6.07, 6.45) is -0.539. The van der Waals surface area contributed by atoms with E-state index in [4.69, 9.17) is 9.15 Å². The number of halogens is 1. The van der Waals surface area contributed by atoms with Gasteiger partial charge in [0.05, 0.1) is 0 Å². The Hall–Kier alpha value is -2.09. The van der Waals surface area contributed by atoms with Crippen LogP contribution in [0.25, 0.3) is 0 Å². The van der Waals surface area contributed by atoms with Crippen molar-refractivity contribution in [2.24, 2.45) is 5.92 Å². The van der Waals surface area contributed by atoms with E-state index < -0.39 is 17.7 Å². The SMILES string of the molecule is CC(C)[C@@H](NC(=O)OC(C)(C)C)c1nnc(SCc2cccc(F)c2)o1. The second kappa shape index (κ2) is 8.53. The minimum absolute atomic E-state index is 0.0315. The van der Waals surface area contributed by atoms with Gasteiger partial charge < -0.3 is 14.5 Å². The summed E-state index contributed by atoms with van der Waals surface area (Å²) in [5.41, 5.74) is 0.230. The smallest absolute Gasteiger partial charge is 0.408 e. The van der Waals surface area contributed by atoms with Crippen LogP contribution in [-0.4, -0.2) is 21.9 Å². The molecule has 1 aromatic heterocycles. The highest BCUT2D eigenvalue weighted by atomic mass is 32.2. The first-order valence-electron chi connectivity index (χ1n) is 8.34. The van der Waals surface area contributed by atoms with Gasteiger partial charge in [-0.2, -0.15) is 0 Å². The number of thioether (sulfide) groups is 1. The van der Waals surface area contributed by atoms with E-state index in [2.05, 4.69) is 15.5 Å². The lowest BCUT2D eigenvalue weighted by molar-refractivity contribution is 0.0477. The van der Waals surface area contributed by atoms with Crippen LogP contribution in [0.2, 0.25) is 0 Å². The number of hydrogen-bond acceptors (Lipinski definition) is 6. The van der Waals surface area contributed by atoms with E-state index >= 15 is 0 Å². The maximum Gasteiger partial charge on any atom is 0.408 e. The van der Waals surface area contributed by atoms with Crippen LogP contribution in [0.5, 0.6) is 0 Å². The van der Waals surface area contributed by atoms with Crippen LogP contribution in [0.15, 0.2) is 33.9 Å². The van der Waals surface area contributed by atoms with Gasteiger partial charge >= 0.3 is 6.09 Å². The summed E-state index contributed by atoms with van der Waals surface area (Å²) in [6.45, 7) is 9.26. The molecule has 2 aromatic rings. The number of nitrogens with one attached hydrogen (secondary N) is 1. The van der Waals surface area contributed by atoms with Crippen LogP contribution >= 0.6 is 11.8 Å². The fourth-order valence-electron chi connectivity index (χ4n) is 2.12. The van der Waals surface area contributed by atoms with E-state index in [9.17, 15) is 9.18 Å². The van der Waals surface area contributed by atoms with Crippen LogP contribution in [-0.2, 0) is 10.5 Å². The van der Waals surface area contributed by atoms with Crippen molar-refractivity contribution in [2.75, 3.05) is 0 Å². The molecule has 1 heterocycles. The maximum atomic E-state index is 13.2. The van der Waals surface area contributed by atoms with Gasteiger partial charge in [0.2, 0.25) is 5.89 Å². The predicted octanol–water partition coefficient (Wildman–Crippen LogP) is 4.72. The highest BCUT2D eigenvalue weighted by Gasteiger charge is 2.27. The molecule has 0 fully saturated rings. The first-order valence-corrected chi connectivity index (χ1v) is 9.33. The molecule has 0 unspecified atom stereocenters. The molecule has 0 saturated heterocycles. The fraction of sp³-hybridized carbons (Fsp3) is 0.500. The van der Waals surface area contributed by atoms with Crippen molar-refractivity contribution in [3.63, 3.8) is 0 Å². The monoisotopic (exact) mass is 381 g/mol. The standard InChI is InChI=1S/C18H24FN3O3S/c1-11(2)14(20-16(23)25-18(3,4)5)15-21-22-17(24-15)26-10-12-7-6-8-13(19)9-12/h6-9,11,14H,10H2,1-5H3,(H,20,23)/t14-/m1/s1. The first-order chi connectivity index (χ1) is 12.1. The highest BCUT2D eigenvalue weighted by Crippen LogP contribution is 2.26. The van der Waals surface area contributed by atoms with Crippen molar-refractivity contribution in [2.45, 2.75) is 57.2 Å². The molecule has 0 radical (unpaired) electrons. The van der Waals surface area contributed by atoms with Crippen LogP contribution < -0.4 is 5.32 Å². The Morgan fingerprint density at radius 3 is 2.69 bits per heavy atom. The third-order valence-corrected chi connectivity index (χ3v) is 4.17. The molecule has 0 aliphatic heterocycles. The van der Waals surface area contributed by atoms with Gasteiger partial charge in [-0.3, -0.25) is 0 Å². The zero-order chi connectivity index (χ0) is 19.3. The largest absolute Gasteiger partial charge is 0.444 e. The van der Waals surface area contributed by atoms with Gasteiger partial charge in [-0.05, 0) is 44.4 Å². The number of aromatic nitrogens is 2. The Labute approximate surface area is 156 Å². The van der Waals surface area contributed by atoms with Crippen LogP contribution in [0.4, 0.5) is 9.18 Å². The minimum Gasteiger partial charge on any atom is -0.444 e. The quantitative estimate of drug-likeness (QED) is 0.730. The third-order valence-electron chi connectivity index (χ3n) is 3.28. The van der Waals surface area contributed by atoms with Gasteiger partial charge in [0, 0.05) is 5.75 Å². The molecule has 0 saturated carbocycles. The predicted molar refractivity (Wildman–Crippen MR) is 97.2 cm³/mol. The molecule has 1 aromatic carbocycles. The molecular formula is C18H24FN3O3S. The molecule has 1 N–H and O–H groups in total. The number of nitrogens with zero attached hydrogens (tertiary/aromatic N) is 2. The van der Waals surface area contributed by atoms with Gasteiger partial charge in [-0.15, -0.1) is 10.2 Å². The second-order valence-electron chi connectivity index (χ2n) is 7.19. The summed E-state index contributed by atoms with van der Waals surface area (Å²) in [4.78, 5) is 12.0. The number of amides is 1. The zero-order valence-corrected chi connectivity index (χ0v) is 16.4. The van der Waals surface area contributed by atoms with Gasteiger partial charge in [-0.1, -0.05) is 37.7 Å². The zero-order valence-electron chi connectivity index (χ0n) is 15.6. The van der Waals surface area contributed by atoms with Crippen LogP contribution in [0.3, 0.4) is 0 Å². The minimum atomic E-state index is -0.591. The van der Waals surface area contributed by atoms with Crippen molar-refractivity contribution >= 4 is 17.9 Å². The Bertz CT molecular complexity index is 743. The average Bonchev–Trinajstić information content (AvgIpc) is 2.97. The van der Waals surface area contributed by atoms with Gasteiger partial charge in [0.25, 0.3) is 5.22 Å². The second-order valence-corrected chi connectivity index (χ2v) is 8.12. The number of rotatable bonds is 6. The molecule has 6 nitrogen and oxygen atoms in total. The van der Waals surface area contributed by atoms with Crippen LogP contribution in [0, 0.1) is 11.7 Å². The highest BCUT2D eigenvalue weighted by molar-refractivity contribution is 7.98. The summed E-state index contributed by atoms with van der Waals surface area (Å²) in [6, 6.07) is 5.89. The molecule has 1 amide bonds. The van der Waals surface area contributed by atoms with Crippen molar-refractivity contribution < 1.29 is 18.3 Å². The molecule has 2 rings (SSSR count). The molecule has 0 aliphatic carbocycles. The van der Waals surface area contributed by atoms with E-state index in [0.29, 0.717) is 16.9 Å². The number of carbonyl (C=O) groups is 1. The van der Waals surface area contributed by atoms with Gasteiger partial charge in [0.15, 0.2) is 0 Å². The van der Waals surface area contributed by atoms with Crippen LogP contribution in [0.1, 0.15) is 52.1 Å². The summed E-state index contributed by atoms with van der Waals surface area (Å²) < 4.78 is 24.2. The number of alkyl carbamates (subject to hydrolysis) is 1. The van der Waals surface area contributed by atoms with Crippen molar-refractivity contribution in [1.82, 2.24) is 15.5 Å². The summed E-state index contributed by atoms with van der Waals surface area (Å²) in [5.74, 6) is 0.568. The van der Waals surface area contributed by atoms with E-state index in [-0.39, 0.29) is 11.7 Å². The van der Waals surface area contributed by atoms with E-state index in [1.165, 1.54) is 23.9 Å². The van der Waals surface area contributed by atoms with E-state index in [1.807, 2.05) is 19.9 Å². The van der Waals surface area contributed by atoms with E-state index in [1.54, 1.807) is 26.8 Å². The summed E-state index contributed by atoms with van der Waals surface area (Å²) in [5, 5.41) is 11.2. The molecule has 1 atom stereocenters. The van der Waals surface area contributed by atoms with Crippen molar-refractivity contribution in [3.05, 3.63) is 41.5 Å². The molecular weight excluding hydrogens is 357 g/mol. The summed E-state index contributed by atoms with van der Waals surface area (Å²) >= 11 is 1.31. The molecule has 8 heteroatoms. The van der Waals surface area contributed by atoms with Crippen molar-refractivity contribution in [1.29, 1.82) is 0 Å². The topological polar surface area (TPSA) is 77.2 Å². The van der Waals surface area contributed by atoms with Crippen molar-refractivity contribution in [3.8, 4) is 0 Å². The van der Waals surface area contributed by atoms with Gasteiger partial charge in [0.1, 0.15) is 17.5 Å². The first kappa shape index (κ1) is 20.2. The maximum absolute atomic E-state index is 13.2. The number of ether oxygens (including phenoxy) is 1. The normalized spacial score (nSPS) is 12.9. The molecule has 0 spiro atoms. The molecule has 0 bridgehead atoms. The number of carbonyl (C=O) groups excluding carboxylic acids is 1. The lowest BCUT2D eigenvalue weighted by Crippen LogP contribution is -2.37. The molecule has 0 aliphatic rings. The average molecular weight is 381 g/mol.